The Morgan fingerprint density at radius 2 is 1.84 bits per heavy atom. The molecule has 7 heteroatoms. The average molecular weight is 337 g/mol. The fourth-order valence-electron chi connectivity index (χ4n) is 2.49. The number of aryl methyl sites for hydroxylation is 1. The molecule has 0 fully saturated rings. The molecule has 0 atom stereocenters. The summed E-state index contributed by atoms with van der Waals surface area (Å²) in [6.07, 6.45) is 1.53. The maximum atomic E-state index is 12.7. The maximum absolute atomic E-state index is 12.7. The van der Waals surface area contributed by atoms with Crippen LogP contribution in [0, 0.1) is 17.0 Å². The molecule has 2 aromatic rings. The number of phenolic OH excluding ortho intramolecular Hbond substituents is 1. The van der Waals surface area contributed by atoms with Gasteiger partial charge in [0.2, 0.25) is 0 Å². The molecular formula is C18H15N3O4. The van der Waals surface area contributed by atoms with Gasteiger partial charge in [-0.1, -0.05) is 23.8 Å². The van der Waals surface area contributed by atoms with E-state index in [1.807, 2.05) is 19.1 Å². The molecule has 0 aliphatic carbocycles. The first-order valence-corrected chi connectivity index (χ1v) is 7.52. The van der Waals surface area contributed by atoms with Gasteiger partial charge in [0.25, 0.3) is 5.91 Å². The van der Waals surface area contributed by atoms with Crippen molar-refractivity contribution in [2.75, 3.05) is 5.01 Å². The first kappa shape index (κ1) is 16.4. The molecule has 0 radical (unpaired) electrons. The van der Waals surface area contributed by atoms with Gasteiger partial charge >= 0.3 is 5.69 Å². The van der Waals surface area contributed by atoms with Crippen molar-refractivity contribution in [3.63, 3.8) is 0 Å². The second kappa shape index (κ2) is 6.20. The van der Waals surface area contributed by atoms with Gasteiger partial charge in [-0.2, -0.15) is 10.1 Å². The molecule has 1 aliphatic rings. The Balaban J connectivity index is 1.96. The van der Waals surface area contributed by atoms with Crippen LogP contribution in [0.2, 0.25) is 0 Å². The van der Waals surface area contributed by atoms with E-state index in [0.717, 1.165) is 5.56 Å². The Bertz CT molecular complexity index is 930. The van der Waals surface area contributed by atoms with Gasteiger partial charge in [-0.25, -0.2) is 0 Å². The molecule has 0 bridgehead atoms. The van der Waals surface area contributed by atoms with Crippen LogP contribution >= 0.6 is 0 Å². The molecule has 1 heterocycles. The van der Waals surface area contributed by atoms with Crippen LogP contribution in [0.25, 0.3) is 6.08 Å². The molecule has 2 aromatic carbocycles. The van der Waals surface area contributed by atoms with Crippen LogP contribution in [0.4, 0.5) is 11.4 Å². The highest BCUT2D eigenvalue weighted by atomic mass is 16.6. The van der Waals surface area contributed by atoms with Crippen LogP contribution in [0.1, 0.15) is 18.1 Å². The predicted octanol–water partition coefficient (Wildman–Crippen LogP) is 3.41. The van der Waals surface area contributed by atoms with Gasteiger partial charge in [0, 0.05) is 6.07 Å². The number of carbonyl (C=O) groups is 1. The molecule has 25 heavy (non-hydrogen) atoms. The van der Waals surface area contributed by atoms with Gasteiger partial charge in [-0.15, -0.1) is 0 Å². The van der Waals surface area contributed by atoms with E-state index in [2.05, 4.69) is 5.10 Å². The number of hydrazone groups is 1. The average Bonchev–Trinajstić information content (AvgIpc) is 2.85. The van der Waals surface area contributed by atoms with Crippen LogP contribution < -0.4 is 5.01 Å². The largest absolute Gasteiger partial charge is 0.502 e. The topological polar surface area (TPSA) is 96.0 Å². The molecule has 0 aromatic heterocycles. The van der Waals surface area contributed by atoms with Crippen LogP contribution in [-0.4, -0.2) is 21.6 Å². The zero-order chi connectivity index (χ0) is 18.1. The van der Waals surface area contributed by atoms with Gasteiger partial charge in [-0.05, 0) is 43.7 Å². The molecule has 1 aliphatic heterocycles. The first-order valence-electron chi connectivity index (χ1n) is 7.52. The number of aromatic hydroxyl groups is 1. The van der Waals surface area contributed by atoms with Crippen molar-refractivity contribution >= 4 is 29.1 Å². The number of nitro groups is 1. The van der Waals surface area contributed by atoms with Crippen molar-refractivity contribution < 1.29 is 14.8 Å². The van der Waals surface area contributed by atoms with Crippen molar-refractivity contribution in [2.24, 2.45) is 5.10 Å². The smallest absolute Gasteiger partial charge is 0.311 e. The quantitative estimate of drug-likeness (QED) is 0.527. The lowest BCUT2D eigenvalue weighted by Gasteiger charge is -2.11. The number of nitro benzene ring substituents is 1. The molecular weight excluding hydrogens is 322 g/mol. The van der Waals surface area contributed by atoms with Gasteiger partial charge < -0.3 is 5.11 Å². The third-order valence-electron chi connectivity index (χ3n) is 3.85. The standard InChI is InChI=1S/C18H15N3O4/c1-11-3-6-14(7-4-11)20-18(23)15(12(2)19-20)9-13-5-8-17(22)16(10-13)21(24)25/h3-10,22H,1-2H3/b15-9-. The highest BCUT2D eigenvalue weighted by Crippen LogP contribution is 2.29. The lowest BCUT2D eigenvalue weighted by Crippen LogP contribution is -2.21. The Kier molecular flexibility index (Phi) is 4.06. The minimum Gasteiger partial charge on any atom is -0.502 e. The number of amides is 1. The highest BCUT2D eigenvalue weighted by Gasteiger charge is 2.28. The van der Waals surface area contributed by atoms with E-state index in [1.165, 1.54) is 29.3 Å². The van der Waals surface area contributed by atoms with Crippen LogP contribution in [0.5, 0.6) is 5.75 Å². The highest BCUT2D eigenvalue weighted by molar-refractivity contribution is 6.32. The number of phenols is 1. The summed E-state index contributed by atoms with van der Waals surface area (Å²) in [5, 5.41) is 26.0. The normalized spacial score (nSPS) is 15.6. The van der Waals surface area contributed by atoms with E-state index >= 15 is 0 Å². The van der Waals surface area contributed by atoms with Crippen molar-refractivity contribution in [1.82, 2.24) is 0 Å². The Morgan fingerprint density at radius 1 is 1.16 bits per heavy atom. The molecule has 0 saturated carbocycles. The first-order chi connectivity index (χ1) is 11.9. The monoisotopic (exact) mass is 337 g/mol. The number of rotatable bonds is 3. The second-order valence-corrected chi connectivity index (χ2v) is 5.70. The molecule has 0 saturated heterocycles. The molecule has 0 unspecified atom stereocenters. The second-order valence-electron chi connectivity index (χ2n) is 5.70. The van der Waals surface area contributed by atoms with Crippen LogP contribution in [-0.2, 0) is 4.79 Å². The van der Waals surface area contributed by atoms with Gasteiger partial charge in [0.05, 0.1) is 21.9 Å². The van der Waals surface area contributed by atoms with Gasteiger partial charge in [0.15, 0.2) is 5.75 Å². The molecule has 126 valence electrons. The van der Waals surface area contributed by atoms with Crippen LogP contribution in [0.15, 0.2) is 53.1 Å². The van der Waals surface area contributed by atoms with Gasteiger partial charge in [0.1, 0.15) is 0 Å². The molecule has 3 rings (SSSR count). The summed E-state index contributed by atoms with van der Waals surface area (Å²) in [4.78, 5) is 22.9. The SMILES string of the molecule is CC1=NN(c2ccc(C)cc2)C(=O)/C1=C\c1ccc(O)c([N+](=O)[O-])c1. The summed E-state index contributed by atoms with van der Waals surface area (Å²) in [5.41, 5.74) is 2.61. The minimum absolute atomic E-state index is 0.308. The fourth-order valence-corrected chi connectivity index (χ4v) is 2.49. The number of nitrogens with zero attached hydrogens (tertiary/aromatic N) is 3. The van der Waals surface area contributed by atoms with Crippen molar-refractivity contribution in [2.45, 2.75) is 13.8 Å². The number of anilines is 1. The molecule has 1 N–H and O–H groups in total. The zero-order valence-corrected chi connectivity index (χ0v) is 13.6. The van der Waals surface area contributed by atoms with Crippen molar-refractivity contribution in [3.8, 4) is 5.75 Å². The summed E-state index contributed by atoms with van der Waals surface area (Å²) in [6, 6.07) is 11.3. The Labute approximate surface area is 143 Å². The molecule has 7 nitrogen and oxygen atoms in total. The summed E-state index contributed by atoms with van der Waals surface area (Å²) >= 11 is 0. The third-order valence-corrected chi connectivity index (χ3v) is 3.85. The summed E-state index contributed by atoms with van der Waals surface area (Å²) in [7, 11) is 0. The van der Waals surface area contributed by atoms with E-state index in [4.69, 9.17) is 0 Å². The van der Waals surface area contributed by atoms with E-state index in [0.29, 0.717) is 22.5 Å². The Hall–Kier alpha value is -3.48. The van der Waals surface area contributed by atoms with Crippen molar-refractivity contribution in [1.29, 1.82) is 0 Å². The zero-order valence-electron chi connectivity index (χ0n) is 13.6. The number of hydrogen-bond donors (Lipinski definition) is 1. The van der Waals surface area contributed by atoms with E-state index in [9.17, 15) is 20.0 Å². The third kappa shape index (κ3) is 3.12. The lowest BCUT2D eigenvalue weighted by atomic mass is 10.1. The molecule has 1 amide bonds. The van der Waals surface area contributed by atoms with Gasteiger partial charge in [-0.3, -0.25) is 14.9 Å². The maximum Gasteiger partial charge on any atom is 0.311 e. The number of benzene rings is 2. The van der Waals surface area contributed by atoms with E-state index in [1.54, 1.807) is 19.1 Å². The number of carbonyl (C=O) groups excluding carboxylic acids is 1. The summed E-state index contributed by atoms with van der Waals surface area (Å²) in [5.74, 6) is -0.728. The predicted molar refractivity (Wildman–Crippen MR) is 94.5 cm³/mol. The Morgan fingerprint density at radius 3 is 2.48 bits per heavy atom. The number of hydrogen-bond acceptors (Lipinski definition) is 5. The van der Waals surface area contributed by atoms with Crippen molar-refractivity contribution in [3.05, 3.63) is 69.3 Å². The van der Waals surface area contributed by atoms with E-state index in [-0.39, 0.29) is 5.91 Å². The minimum atomic E-state index is -0.673. The van der Waals surface area contributed by atoms with Crippen LogP contribution in [0.3, 0.4) is 0 Å². The lowest BCUT2D eigenvalue weighted by molar-refractivity contribution is -0.385. The fraction of sp³-hybridized carbons (Fsp3) is 0.111. The summed E-state index contributed by atoms with van der Waals surface area (Å²) < 4.78 is 0. The molecule has 0 spiro atoms. The summed E-state index contributed by atoms with van der Waals surface area (Å²) in [6.45, 7) is 3.65. The van der Waals surface area contributed by atoms with E-state index < -0.39 is 16.4 Å².